The molecule has 114 valence electrons. The summed E-state index contributed by atoms with van der Waals surface area (Å²) in [7, 11) is 0. The molecule has 0 fully saturated rings. The quantitative estimate of drug-likeness (QED) is 0.339. The SMILES string of the molecule is CCCCCCC/C=C(\CCC)CC(C)(O)CCC. The van der Waals surface area contributed by atoms with E-state index in [4.69, 9.17) is 0 Å². The average molecular weight is 268 g/mol. The number of aliphatic hydroxyl groups is 1. The van der Waals surface area contributed by atoms with Gasteiger partial charge in [-0.05, 0) is 39.0 Å². The summed E-state index contributed by atoms with van der Waals surface area (Å²) in [6.45, 7) is 8.62. The Morgan fingerprint density at radius 3 is 2.21 bits per heavy atom. The van der Waals surface area contributed by atoms with Crippen LogP contribution in [-0.2, 0) is 0 Å². The van der Waals surface area contributed by atoms with Crippen LogP contribution in [0.1, 0.15) is 98.3 Å². The molecule has 19 heavy (non-hydrogen) atoms. The number of allylic oxidation sites excluding steroid dienone is 1. The lowest BCUT2D eigenvalue weighted by Crippen LogP contribution is -2.24. The summed E-state index contributed by atoms with van der Waals surface area (Å²) in [5, 5.41) is 10.3. The zero-order valence-electron chi connectivity index (χ0n) is 13.8. The second kappa shape index (κ2) is 11.5. The van der Waals surface area contributed by atoms with Gasteiger partial charge in [-0.3, -0.25) is 0 Å². The summed E-state index contributed by atoms with van der Waals surface area (Å²) < 4.78 is 0. The molecular formula is C18H36O. The van der Waals surface area contributed by atoms with Gasteiger partial charge in [0.05, 0.1) is 5.60 Å². The second-order valence-electron chi connectivity index (χ2n) is 6.24. The van der Waals surface area contributed by atoms with Crippen molar-refractivity contribution in [1.29, 1.82) is 0 Å². The van der Waals surface area contributed by atoms with Gasteiger partial charge in [-0.2, -0.15) is 0 Å². The molecule has 0 saturated carbocycles. The molecule has 1 unspecified atom stereocenters. The van der Waals surface area contributed by atoms with Gasteiger partial charge in [0.1, 0.15) is 0 Å². The van der Waals surface area contributed by atoms with Crippen molar-refractivity contribution < 1.29 is 5.11 Å². The van der Waals surface area contributed by atoms with Crippen LogP contribution in [0.4, 0.5) is 0 Å². The average Bonchev–Trinajstić information content (AvgIpc) is 2.33. The topological polar surface area (TPSA) is 20.2 Å². The summed E-state index contributed by atoms with van der Waals surface area (Å²) in [6, 6.07) is 0. The van der Waals surface area contributed by atoms with E-state index in [0.717, 1.165) is 25.7 Å². The van der Waals surface area contributed by atoms with Crippen molar-refractivity contribution in [3.8, 4) is 0 Å². The molecule has 1 heteroatoms. The van der Waals surface area contributed by atoms with E-state index in [1.165, 1.54) is 50.5 Å². The first kappa shape index (κ1) is 18.7. The molecule has 0 amide bonds. The van der Waals surface area contributed by atoms with E-state index in [-0.39, 0.29) is 0 Å². The minimum Gasteiger partial charge on any atom is -0.390 e. The van der Waals surface area contributed by atoms with Crippen LogP contribution in [0.2, 0.25) is 0 Å². The molecule has 0 spiro atoms. The van der Waals surface area contributed by atoms with Gasteiger partial charge in [-0.15, -0.1) is 0 Å². The lowest BCUT2D eigenvalue weighted by atomic mass is 9.89. The van der Waals surface area contributed by atoms with Crippen molar-refractivity contribution >= 4 is 0 Å². The zero-order chi connectivity index (χ0) is 14.6. The molecule has 0 aliphatic carbocycles. The molecule has 0 aromatic rings. The summed E-state index contributed by atoms with van der Waals surface area (Å²) in [4.78, 5) is 0. The third-order valence-corrected chi connectivity index (χ3v) is 3.71. The van der Waals surface area contributed by atoms with Crippen LogP contribution in [-0.4, -0.2) is 10.7 Å². The van der Waals surface area contributed by atoms with Crippen LogP contribution >= 0.6 is 0 Å². The first-order valence-electron chi connectivity index (χ1n) is 8.46. The van der Waals surface area contributed by atoms with Crippen molar-refractivity contribution in [3.05, 3.63) is 11.6 Å². The van der Waals surface area contributed by atoms with Gasteiger partial charge in [0.25, 0.3) is 0 Å². The molecule has 0 saturated heterocycles. The molecule has 1 nitrogen and oxygen atoms in total. The van der Waals surface area contributed by atoms with E-state index in [1.807, 2.05) is 6.92 Å². The Labute approximate surface area is 121 Å². The number of hydrogen-bond acceptors (Lipinski definition) is 1. The van der Waals surface area contributed by atoms with Gasteiger partial charge in [-0.25, -0.2) is 0 Å². The highest BCUT2D eigenvalue weighted by Crippen LogP contribution is 2.25. The van der Waals surface area contributed by atoms with E-state index in [2.05, 4.69) is 26.8 Å². The molecular weight excluding hydrogens is 232 g/mol. The zero-order valence-corrected chi connectivity index (χ0v) is 13.8. The Morgan fingerprint density at radius 1 is 0.947 bits per heavy atom. The molecule has 0 bridgehead atoms. The maximum absolute atomic E-state index is 10.3. The van der Waals surface area contributed by atoms with Crippen LogP contribution < -0.4 is 0 Å². The summed E-state index contributed by atoms with van der Waals surface area (Å²) >= 11 is 0. The fraction of sp³-hybridized carbons (Fsp3) is 0.889. The lowest BCUT2D eigenvalue weighted by Gasteiger charge is -2.24. The highest BCUT2D eigenvalue weighted by Gasteiger charge is 2.20. The van der Waals surface area contributed by atoms with Crippen LogP contribution in [0.15, 0.2) is 11.6 Å². The van der Waals surface area contributed by atoms with E-state index in [1.54, 1.807) is 0 Å². The fourth-order valence-corrected chi connectivity index (χ4v) is 2.75. The molecule has 1 atom stereocenters. The van der Waals surface area contributed by atoms with E-state index >= 15 is 0 Å². The van der Waals surface area contributed by atoms with Crippen LogP contribution in [0.5, 0.6) is 0 Å². The molecule has 0 rings (SSSR count). The molecule has 0 aromatic heterocycles. The van der Waals surface area contributed by atoms with Crippen molar-refractivity contribution in [3.63, 3.8) is 0 Å². The van der Waals surface area contributed by atoms with Gasteiger partial charge in [-0.1, -0.05) is 70.9 Å². The first-order valence-corrected chi connectivity index (χ1v) is 8.46. The Bertz CT molecular complexity index is 228. The molecule has 0 aliphatic rings. The van der Waals surface area contributed by atoms with E-state index < -0.39 is 5.60 Å². The van der Waals surface area contributed by atoms with E-state index in [0.29, 0.717) is 0 Å². The smallest absolute Gasteiger partial charge is 0.0656 e. The number of rotatable bonds is 12. The molecule has 0 heterocycles. The monoisotopic (exact) mass is 268 g/mol. The maximum Gasteiger partial charge on any atom is 0.0656 e. The molecule has 1 N–H and O–H groups in total. The van der Waals surface area contributed by atoms with Gasteiger partial charge in [0.15, 0.2) is 0 Å². The van der Waals surface area contributed by atoms with Crippen molar-refractivity contribution in [2.24, 2.45) is 0 Å². The van der Waals surface area contributed by atoms with Gasteiger partial charge in [0.2, 0.25) is 0 Å². The predicted molar refractivity (Wildman–Crippen MR) is 86.5 cm³/mol. The number of hydrogen-bond donors (Lipinski definition) is 1. The van der Waals surface area contributed by atoms with Crippen LogP contribution in [0, 0.1) is 0 Å². The molecule has 0 radical (unpaired) electrons. The lowest BCUT2D eigenvalue weighted by molar-refractivity contribution is 0.0497. The van der Waals surface area contributed by atoms with Gasteiger partial charge >= 0.3 is 0 Å². The third-order valence-electron chi connectivity index (χ3n) is 3.71. The fourth-order valence-electron chi connectivity index (χ4n) is 2.75. The minimum atomic E-state index is -0.502. The Balaban J connectivity index is 4.08. The van der Waals surface area contributed by atoms with Crippen molar-refractivity contribution in [2.75, 3.05) is 0 Å². The standard InChI is InChI=1S/C18H36O/c1-5-8-9-10-11-12-14-17(13-6-2)16-18(4,19)15-7-3/h14,19H,5-13,15-16H2,1-4H3/b17-14+. The molecule has 0 aromatic carbocycles. The first-order chi connectivity index (χ1) is 9.05. The maximum atomic E-state index is 10.3. The highest BCUT2D eigenvalue weighted by atomic mass is 16.3. The van der Waals surface area contributed by atoms with Crippen molar-refractivity contribution in [2.45, 2.75) is 104 Å². The van der Waals surface area contributed by atoms with Gasteiger partial charge < -0.3 is 5.11 Å². The summed E-state index contributed by atoms with van der Waals surface area (Å²) in [6.07, 6.45) is 15.5. The normalized spacial score (nSPS) is 15.5. The second-order valence-corrected chi connectivity index (χ2v) is 6.24. The summed E-state index contributed by atoms with van der Waals surface area (Å²) in [5.74, 6) is 0. The minimum absolute atomic E-state index is 0.502. The highest BCUT2D eigenvalue weighted by molar-refractivity contribution is 5.06. The van der Waals surface area contributed by atoms with Gasteiger partial charge in [0, 0.05) is 0 Å². The molecule has 0 aliphatic heterocycles. The Kier molecular flexibility index (Phi) is 11.3. The Hall–Kier alpha value is -0.300. The Morgan fingerprint density at radius 2 is 1.63 bits per heavy atom. The van der Waals surface area contributed by atoms with Crippen LogP contribution in [0.25, 0.3) is 0 Å². The van der Waals surface area contributed by atoms with E-state index in [9.17, 15) is 5.11 Å². The summed E-state index contributed by atoms with van der Waals surface area (Å²) in [5.41, 5.74) is 0.967. The number of unbranched alkanes of at least 4 members (excludes halogenated alkanes) is 5. The van der Waals surface area contributed by atoms with Crippen molar-refractivity contribution in [1.82, 2.24) is 0 Å². The van der Waals surface area contributed by atoms with Crippen LogP contribution in [0.3, 0.4) is 0 Å². The largest absolute Gasteiger partial charge is 0.390 e. The third kappa shape index (κ3) is 11.2. The predicted octanol–water partition coefficient (Wildman–Crippen LogP) is 6.01.